The number of hydrogen-bond donors (Lipinski definition) is 0. The van der Waals surface area contributed by atoms with Crippen molar-refractivity contribution in [2.45, 2.75) is 6.18 Å². The van der Waals surface area contributed by atoms with Gasteiger partial charge in [0.2, 0.25) is 0 Å². The third kappa shape index (κ3) is 2.67. The molecule has 0 aliphatic rings. The van der Waals surface area contributed by atoms with Crippen molar-refractivity contribution in [1.82, 2.24) is 0 Å². The molecule has 0 radical (unpaired) electrons. The van der Waals surface area contributed by atoms with Crippen molar-refractivity contribution >= 4 is 0 Å². The van der Waals surface area contributed by atoms with E-state index in [-0.39, 0.29) is 5.56 Å². The summed E-state index contributed by atoms with van der Waals surface area (Å²) in [5, 5.41) is 0. The molecule has 0 fully saturated rings. The summed E-state index contributed by atoms with van der Waals surface area (Å²) < 4.78 is 63.3. The molecule has 0 N–H and O–H groups in total. The Morgan fingerprint density at radius 1 is 0.667 bits per heavy atom. The smallest absolute Gasteiger partial charge is 0.207 e. The lowest BCUT2D eigenvalue weighted by atomic mass is 10.0. The van der Waals surface area contributed by atoms with Gasteiger partial charge in [-0.1, -0.05) is 12.1 Å². The molecule has 0 aromatic heterocycles. The van der Waals surface area contributed by atoms with Crippen molar-refractivity contribution in [2.24, 2.45) is 0 Å². The zero-order valence-corrected chi connectivity index (χ0v) is 8.93. The fraction of sp³-hybridized carbons (Fsp3) is 0.0769. The van der Waals surface area contributed by atoms with Gasteiger partial charge in [-0.05, 0) is 41.5 Å². The maximum atomic E-state index is 13.1. The Morgan fingerprint density at radius 3 is 1.83 bits per heavy atom. The monoisotopic (exact) mass is 258 g/mol. The highest BCUT2D eigenvalue weighted by Gasteiger charge is 2.31. The van der Waals surface area contributed by atoms with E-state index in [1.807, 2.05) is 0 Å². The third-order valence-electron chi connectivity index (χ3n) is 2.40. The topological polar surface area (TPSA) is 0 Å². The molecule has 94 valence electrons. The SMILES string of the molecule is Fc1ccc(-c2cc(F)cc(C(F)(F)F)c2)cc1. The average Bonchev–Trinajstić information content (AvgIpc) is 2.28. The molecule has 2 aromatic carbocycles. The summed E-state index contributed by atoms with van der Waals surface area (Å²) in [5.74, 6) is -1.49. The summed E-state index contributed by atoms with van der Waals surface area (Å²) >= 11 is 0. The van der Waals surface area contributed by atoms with Gasteiger partial charge in [0.25, 0.3) is 0 Å². The van der Waals surface area contributed by atoms with Gasteiger partial charge in [-0.25, -0.2) is 8.78 Å². The minimum absolute atomic E-state index is 0.0577. The molecule has 0 saturated heterocycles. The molecular formula is C13H7F5. The molecule has 2 rings (SSSR count). The van der Waals surface area contributed by atoms with Gasteiger partial charge in [-0.15, -0.1) is 0 Å². The van der Waals surface area contributed by atoms with Gasteiger partial charge in [0.1, 0.15) is 11.6 Å². The third-order valence-corrected chi connectivity index (χ3v) is 2.40. The first-order chi connectivity index (χ1) is 8.36. The van der Waals surface area contributed by atoms with Crippen LogP contribution in [0.15, 0.2) is 42.5 Å². The Balaban J connectivity index is 2.52. The molecule has 0 saturated carbocycles. The molecule has 0 spiro atoms. The predicted molar refractivity (Wildman–Crippen MR) is 56.8 cm³/mol. The lowest BCUT2D eigenvalue weighted by molar-refractivity contribution is -0.137. The van der Waals surface area contributed by atoms with Gasteiger partial charge < -0.3 is 0 Å². The molecular weight excluding hydrogens is 251 g/mol. The van der Waals surface area contributed by atoms with Crippen LogP contribution in [0.25, 0.3) is 11.1 Å². The fourth-order valence-corrected chi connectivity index (χ4v) is 1.56. The molecule has 0 atom stereocenters. The van der Waals surface area contributed by atoms with Crippen LogP contribution in [0.2, 0.25) is 0 Å². The lowest BCUT2D eigenvalue weighted by Gasteiger charge is -2.09. The largest absolute Gasteiger partial charge is 0.416 e. The zero-order chi connectivity index (χ0) is 13.3. The maximum Gasteiger partial charge on any atom is 0.416 e. The minimum Gasteiger partial charge on any atom is -0.207 e. The first-order valence-electron chi connectivity index (χ1n) is 5.00. The van der Waals surface area contributed by atoms with Crippen molar-refractivity contribution in [2.75, 3.05) is 0 Å². The molecule has 0 nitrogen and oxygen atoms in total. The molecule has 0 heterocycles. The predicted octanol–water partition coefficient (Wildman–Crippen LogP) is 4.65. The summed E-state index contributed by atoms with van der Waals surface area (Å²) in [6.45, 7) is 0. The van der Waals surface area contributed by atoms with Crippen molar-refractivity contribution in [1.29, 1.82) is 0 Å². The Hall–Kier alpha value is -1.91. The Labute approximate surface area is 99.7 Å². The van der Waals surface area contributed by atoms with Crippen LogP contribution in [-0.4, -0.2) is 0 Å². The molecule has 0 bridgehead atoms. The molecule has 0 aliphatic heterocycles. The summed E-state index contributed by atoms with van der Waals surface area (Å²) in [7, 11) is 0. The molecule has 2 aromatic rings. The van der Waals surface area contributed by atoms with Crippen LogP contribution in [0.4, 0.5) is 22.0 Å². The highest BCUT2D eigenvalue weighted by molar-refractivity contribution is 5.64. The number of rotatable bonds is 1. The van der Waals surface area contributed by atoms with Gasteiger partial charge in [0.15, 0.2) is 0 Å². The maximum absolute atomic E-state index is 13.1. The standard InChI is InChI=1S/C13H7F5/c14-11-3-1-8(2-4-11)9-5-10(13(16,17)18)7-12(15)6-9/h1-7H. The highest BCUT2D eigenvalue weighted by atomic mass is 19.4. The highest BCUT2D eigenvalue weighted by Crippen LogP contribution is 2.33. The lowest BCUT2D eigenvalue weighted by Crippen LogP contribution is -2.05. The van der Waals surface area contributed by atoms with Crippen molar-refractivity contribution in [3.05, 3.63) is 59.7 Å². The normalized spacial score (nSPS) is 11.6. The Kier molecular flexibility index (Phi) is 3.07. The van der Waals surface area contributed by atoms with Crippen LogP contribution >= 0.6 is 0 Å². The first-order valence-corrected chi connectivity index (χ1v) is 5.00. The van der Waals surface area contributed by atoms with Gasteiger partial charge in [-0.2, -0.15) is 13.2 Å². The van der Waals surface area contributed by atoms with Crippen molar-refractivity contribution in [3.63, 3.8) is 0 Å². The van der Waals surface area contributed by atoms with Gasteiger partial charge in [0.05, 0.1) is 5.56 Å². The summed E-state index contributed by atoms with van der Waals surface area (Å²) in [5.41, 5.74) is -0.689. The van der Waals surface area contributed by atoms with Crippen LogP contribution in [-0.2, 0) is 6.18 Å². The summed E-state index contributed by atoms with van der Waals surface area (Å²) in [6, 6.07) is 7.03. The van der Waals surface area contributed by atoms with Crippen LogP contribution in [0, 0.1) is 11.6 Å². The molecule has 18 heavy (non-hydrogen) atoms. The van der Waals surface area contributed by atoms with Crippen molar-refractivity contribution < 1.29 is 22.0 Å². The van der Waals surface area contributed by atoms with E-state index in [2.05, 4.69) is 0 Å². The fourth-order valence-electron chi connectivity index (χ4n) is 1.56. The molecule has 5 heteroatoms. The summed E-state index contributed by atoms with van der Waals surface area (Å²) in [4.78, 5) is 0. The number of alkyl halides is 3. The van der Waals surface area contributed by atoms with E-state index in [1.54, 1.807) is 0 Å². The zero-order valence-electron chi connectivity index (χ0n) is 8.93. The van der Waals surface area contributed by atoms with Crippen molar-refractivity contribution in [3.8, 4) is 11.1 Å². The van der Waals surface area contributed by atoms with E-state index in [9.17, 15) is 22.0 Å². The first kappa shape index (κ1) is 12.5. The van der Waals surface area contributed by atoms with E-state index in [0.717, 1.165) is 24.3 Å². The second kappa shape index (κ2) is 4.40. The number of halogens is 5. The van der Waals surface area contributed by atoms with Gasteiger partial charge in [0, 0.05) is 0 Å². The van der Waals surface area contributed by atoms with E-state index < -0.39 is 23.4 Å². The molecule has 0 unspecified atom stereocenters. The van der Waals surface area contributed by atoms with E-state index in [0.29, 0.717) is 11.6 Å². The van der Waals surface area contributed by atoms with Crippen LogP contribution in [0.1, 0.15) is 5.56 Å². The molecule has 0 aliphatic carbocycles. The number of benzene rings is 2. The van der Waals surface area contributed by atoms with Crippen LogP contribution in [0.5, 0.6) is 0 Å². The quantitative estimate of drug-likeness (QED) is 0.653. The molecule has 0 amide bonds. The van der Waals surface area contributed by atoms with Crippen LogP contribution in [0.3, 0.4) is 0 Å². The van der Waals surface area contributed by atoms with E-state index >= 15 is 0 Å². The van der Waals surface area contributed by atoms with Gasteiger partial charge >= 0.3 is 6.18 Å². The average molecular weight is 258 g/mol. The summed E-state index contributed by atoms with van der Waals surface area (Å²) in [6.07, 6.45) is -4.61. The second-order valence-electron chi connectivity index (χ2n) is 3.73. The van der Waals surface area contributed by atoms with E-state index in [4.69, 9.17) is 0 Å². The Bertz CT molecular complexity index is 555. The Morgan fingerprint density at radius 2 is 1.28 bits per heavy atom. The minimum atomic E-state index is -4.61. The van der Waals surface area contributed by atoms with Gasteiger partial charge in [-0.3, -0.25) is 0 Å². The second-order valence-corrected chi connectivity index (χ2v) is 3.73. The van der Waals surface area contributed by atoms with E-state index in [1.165, 1.54) is 12.1 Å². The number of hydrogen-bond acceptors (Lipinski definition) is 0. The van der Waals surface area contributed by atoms with Crippen LogP contribution < -0.4 is 0 Å².